The molecule has 5 nitrogen and oxygen atoms in total. The van der Waals surface area contributed by atoms with Gasteiger partial charge in [0.1, 0.15) is 0 Å². The van der Waals surface area contributed by atoms with E-state index in [0.29, 0.717) is 6.42 Å². The summed E-state index contributed by atoms with van der Waals surface area (Å²) < 4.78 is 0. The number of carbonyl (C=O) groups is 1. The molecule has 0 atom stereocenters. The molecule has 0 aliphatic carbocycles. The van der Waals surface area contributed by atoms with Gasteiger partial charge in [-0.1, -0.05) is 12.1 Å². The largest absolute Gasteiger partial charge is 0.345 e. The zero-order valence-electron chi connectivity index (χ0n) is 8.16. The van der Waals surface area contributed by atoms with Crippen LogP contribution in [-0.2, 0) is 4.79 Å². The summed E-state index contributed by atoms with van der Waals surface area (Å²) in [5, 5.41) is 0. The molecular weight excluding hydrogens is 192 g/mol. The number of H-pyrrole nitrogens is 1. The maximum Gasteiger partial charge on any atom is 0.235 e. The van der Waals surface area contributed by atoms with E-state index in [2.05, 4.69) is 20.8 Å². The van der Waals surface area contributed by atoms with Gasteiger partial charge in [0.05, 0.1) is 17.4 Å². The number of carbonyl (C=O) groups excluding carboxylic acids is 1. The molecule has 1 fully saturated rings. The molecule has 3 rings (SSSR count). The number of imidazole rings is 1. The highest BCUT2D eigenvalue weighted by molar-refractivity contribution is 5.77. The van der Waals surface area contributed by atoms with E-state index in [1.165, 1.54) is 0 Å². The second-order valence-electron chi connectivity index (χ2n) is 3.14. The van der Waals surface area contributed by atoms with Crippen LogP contribution in [0.25, 0.3) is 11.0 Å². The second kappa shape index (κ2) is 4.56. The average Bonchev–Trinajstić information content (AvgIpc) is 2.88. The third kappa shape index (κ3) is 2.54. The third-order valence-electron chi connectivity index (χ3n) is 2.03. The van der Waals surface area contributed by atoms with Crippen LogP contribution in [0.5, 0.6) is 0 Å². The van der Waals surface area contributed by atoms with Crippen molar-refractivity contribution in [1.29, 1.82) is 0 Å². The molecule has 1 saturated heterocycles. The molecule has 0 saturated carbocycles. The quantitative estimate of drug-likeness (QED) is 0.587. The molecule has 78 valence electrons. The van der Waals surface area contributed by atoms with Crippen LogP contribution in [0.2, 0.25) is 0 Å². The number of amides is 1. The maximum absolute atomic E-state index is 10.1. The zero-order valence-corrected chi connectivity index (χ0v) is 8.16. The molecule has 5 heteroatoms. The predicted molar refractivity (Wildman–Crippen MR) is 56.9 cm³/mol. The van der Waals surface area contributed by atoms with Gasteiger partial charge in [0.25, 0.3) is 0 Å². The zero-order chi connectivity index (χ0) is 10.5. The van der Waals surface area contributed by atoms with Crippen molar-refractivity contribution in [2.24, 2.45) is 0 Å². The van der Waals surface area contributed by atoms with E-state index in [0.717, 1.165) is 17.6 Å². The highest BCUT2D eigenvalue weighted by atomic mass is 16.2. The molecule has 1 amide bonds. The summed E-state index contributed by atoms with van der Waals surface area (Å²) in [5.41, 5.74) is 7.22. The summed E-state index contributed by atoms with van der Waals surface area (Å²) in [6.45, 7) is 0.777. The smallest absolute Gasteiger partial charge is 0.235 e. The minimum atomic E-state index is 0.0926. The summed E-state index contributed by atoms with van der Waals surface area (Å²) in [6, 6.07) is 7.94. The highest BCUT2D eigenvalue weighted by Crippen LogP contribution is 2.05. The first-order chi connectivity index (χ1) is 7.36. The molecule has 0 unspecified atom stereocenters. The normalized spacial score (nSPS) is 14.5. The molecule has 15 heavy (non-hydrogen) atoms. The van der Waals surface area contributed by atoms with Gasteiger partial charge in [-0.25, -0.2) is 10.4 Å². The Morgan fingerprint density at radius 2 is 2.13 bits per heavy atom. The van der Waals surface area contributed by atoms with Crippen LogP contribution in [0.3, 0.4) is 0 Å². The number of nitrogens with zero attached hydrogens (tertiary/aromatic N) is 1. The Labute approximate surface area is 86.9 Å². The van der Waals surface area contributed by atoms with Crippen molar-refractivity contribution >= 4 is 16.9 Å². The van der Waals surface area contributed by atoms with Gasteiger partial charge in [-0.2, -0.15) is 0 Å². The summed E-state index contributed by atoms with van der Waals surface area (Å²) in [4.78, 5) is 17.1. The lowest BCUT2D eigenvalue weighted by atomic mass is 10.3. The lowest BCUT2D eigenvalue weighted by molar-refractivity contribution is -0.119. The van der Waals surface area contributed by atoms with E-state index in [1.54, 1.807) is 6.33 Å². The Balaban J connectivity index is 0.000000124. The molecule has 3 N–H and O–H groups in total. The molecule has 0 bridgehead atoms. The van der Waals surface area contributed by atoms with Crippen molar-refractivity contribution in [3.05, 3.63) is 30.6 Å². The molecule has 1 aliphatic rings. The van der Waals surface area contributed by atoms with Gasteiger partial charge in [0.2, 0.25) is 5.91 Å². The predicted octanol–water partition coefficient (Wildman–Crippen LogP) is 0.574. The first kappa shape index (κ1) is 9.67. The number of nitrogens with one attached hydrogen (secondary N) is 3. The third-order valence-corrected chi connectivity index (χ3v) is 2.03. The molecule has 2 heterocycles. The Bertz CT molecular complexity index is 413. The number of para-hydroxylation sites is 2. The van der Waals surface area contributed by atoms with Gasteiger partial charge in [0.15, 0.2) is 0 Å². The minimum Gasteiger partial charge on any atom is -0.345 e. The number of aromatic amines is 1. The number of hydrogen-bond acceptors (Lipinski definition) is 3. The van der Waals surface area contributed by atoms with Crippen LogP contribution >= 0.6 is 0 Å². The fourth-order valence-corrected chi connectivity index (χ4v) is 1.28. The summed E-state index contributed by atoms with van der Waals surface area (Å²) >= 11 is 0. The van der Waals surface area contributed by atoms with Gasteiger partial charge >= 0.3 is 0 Å². The van der Waals surface area contributed by atoms with Crippen LogP contribution in [0.1, 0.15) is 6.42 Å². The molecule has 1 aromatic carbocycles. The van der Waals surface area contributed by atoms with Gasteiger partial charge in [-0.3, -0.25) is 10.2 Å². The summed E-state index contributed by atoms with van der Waals surface area (Å²) in [6.07, 6.45) is 2.32. The van der Waals surface area contributed by atoms with Crippen molar-refractivity contribution in [3.63, 3.8) is 0 Å². The number of fused-ring (bicyclic) bond motifs is 1. The van der Waals surface area contributed by atoms with Crippen LogP contribution in [-0.4, -0.2) is 22.4 Å². The molecule has 0 spiro atoms. The van der Waals surface area contributed by atoms with E-state index in [4.69, 9.17) is 0 Å². The number of hydrazine groups is 1. The van der Waals surface area contributed by atoms with E-state index in [1.807, 2.05) is 24.3 Å². The van der Waals surface area contributed by atoms with Gasteiger partial charge in [-0.15, -0.1) is 0 Å². The lowest BCUT2D eigenvalue weighted by Gasteiger charge is -1.83. The number of benzene rings is 1. The summed E-state index contributed by atoms with van der Waals surface area (Å²) in [5.74, 6) is 0.0926. The standard InChI is InChI=1S/C7H6N2.C3H6N2O/c1-2-4-7-6(3-1)8-5-9-7;6-3-1-2-4-5-3/h1-5H,(H,8,9);4H,1-2H2,(H,5,6). The fourth-order valence-electron chi connectivity index (χ4n) is 1.28. The Kier molecular flexibility index (Phi) is 2.94. The average molecular weight is 204 g/mol. The van der Waals surface area contributed by atoms with Crippen LogP contribution < -0.4 is 10.9 Å². The van der Waals surface area contributed by atoms with E-state index < -0.39 is 0 Å². The monoisotopic (exact) mass is 204 g/mol. The Morgan fingerprint density at radius 1 is 1.27 bits per heavy atom. The molecule has 1 aromatic heterocycles. The molecule has 2 aromatic rings. The minimum absolute atomic E-state index is 0.0926. The van der Waals surface area contributed by atoms with Gasteiger partial charge < -0.3 is 4.98 Å². The van der Waals surface area contributed by atoms with Gasteiger partial charge in [-0.05, 0) is 12.1 Å². The Hall–Kier alpha value is -1.88. The van der Waals surface area contributed by atoms with E-state index in [-0.39, 0.29) is 5.91 Å². The van der Waals surface area contributed by atoms with Gasteiger partial charge in [0, 0.05) is 13.0 Å². The van der Waals surface area contributed by atoms with Crippen LogP contribution in [0.15, 0.2) is 30.6 Å². The lowest BCUT2D eigenvalue weighted by Crippen LogP contribution is -2.25. The molecule has 0 radical (unpaired) electrons. The van der Waals surface area contributed by atoms with Crippen molar-refractivity contribution in [3.8, 4) is 0 Å². The van der Waals surface area contributed by atoms with Crippen LogP contribution in [0, 0.1) is 0 Å². The highest BCUT2D eigenvalue weighted by Gasteiger charge is 2.04. The number of hydrogen-bond donors (Lipinski definition) is 3. The maximum atomic E-state index is 10.1. The van der Waals surface area contributed by atoms with Crippen molar-refractivity contribution in [2.75, 3.05) is 6.54 Å². The van der Waals surface area contributed by atoms with E-state index >= 15 is 0 Å². The second-order valence-corrected chi connectivity index (χ2v) is 3.14. The number of aromatic nitrogens is 2. The topological polar surface area (TPSA) is 69.8 Å². The first-order valence-corrected chi connectivity index (χ1v) is 4.76. The van der Waals surface area contributed by atoms with Crippen molar-refractivity contribution < 1.29 is 4.79 Å². The van der Waals surface area contributed by atoms with Crippen molar-refractivity contribution in [1.82, 2.24) is 20.8 Å². The SMILES string of the molecule is O=C1CCNN1.c1ccc2[nH]cnc2c1. The molecular formula is C10H12N4O. The van der Waals surface area contributed by atoms with Crippen LogP contribution in [0.4, 0.5) is 0 Å². The van der Waals surface area contributed by atoms with E-state index in [9.17, 15) is 4.79 Å². The van der Waals surface area contributed by atoms with Crippen molar-refractivity contribution in [2.45, 2.75) is 6.42 Å². The Morgan fingerprint density at radius 3 is 2.73 bits per heavy atom. The first-order valence-electron chi connectivity index (χ1n) is 4.76. The number of rotatable bonds is 0. The molecule has 1 aliphatic heterocycles. The fraction of sp³-hybridized carbons (Fsp3) is 0.200. The summed E-state index contributed by atoms with van der Waals surface area (Å²) in [7, 11) is 0.